The Kier molecular flexibility index (Phi) is 7.14. The number of anilines is 1. The molecule has 0 heterocycles. The molecule has 122 valence electrons. The first-order valence-electron chi connectivity index (χ1n) is 7.90. The molecule has 0 spiro atoms. The predicted octanol–water partition coefficient (Wildman–Crippen LogP) is 2.85. The second-order valence-corrected chi connectivity index (χ2v) is 5.44. The van der Waals surface area contributed by atoms with Crippen LogP contribution in [0.25, 0.3) is 0 Å². The van der Waals surface area contributed by atoms with E-state index in [-0.39, 0.29) is 12.5 Å². The fourth-order valence-electron chi connectivity index (χ4n) is 2.24. The molecular weight excluding hydrogens is 288 g/mol. The van der Waals surface area contributed by atoms with E-state index in [0.717, 1.165) is 18.5 Å². The summed E-state index contributed by atoms with van der Waals surface area (Å²) in [5.74, 6) is -0.0664. The average molecular weight is 312 g/mol. The lowest BCUT2D eigenvalue weighted by molar-refractivity contribution is -0.126. The first-order valence-corrected chi connectivity index (χ1v) is 7.90. The highest BCUT2D eigenvalue weighted by Crippen LogP contribution is 2.10. The Hall–Kier alpha value is -2.33. The summed E-state index contributed by atoms with van der Waals surface area (Å²) in [4.78, 5) is 13.9. The van der Waals surface area contributed by atoms with Crippen LogP contribution in [0.5, 0.6) is 0 Å². The molecule has 1 N–H and O–H groups in total. The summed E-state index contributed by atoms with van der Waals surface area (Å²) >= 11 is 0. The Bertz CT molecular complexity index is 572. The molecule has 2 aromatic carbocycles. The van der Waals surface area contributed by atoms with E-state index in [1.807, 2.05) is 48.5 Å². The minimum absolute atomic E-state index is 0.0664. The summed E-state index contributed by atoms with van der Waals surface area (Å²) < 4.78 is 5.41. The van der Waals surface area contributed by atoms with Crippen LogP contribution >= 0.6 is 0 Å². The molecule has 0 saturated heterocycles. The molecule has 0 aliphatic heterocycles. The molecule has 0 atom stereocenters. The maximum absolute atomic E-state index is 11.7. The van der Waals surface area contributed by atoms with Gasteiger partial charge in [-0.3, -0.25) is 4.79 Å². The van der Waals surface area contributed by atoms with Gasteiger partial charge >= 0.3 is 0 Å². The minimum atomic E-state index is -0.0664. The SMILES string of the molecule is CN(CCCNC(=O)COCc1ccccc1)c1ccccc1. The van der Waals surface area contributed by atoms with E-state index >= 15 is 0 Å². The van der Waals surface area contributed by atoms with E-state index < -0.39 is 0 Å². The monoisotopic (exact) mass is 312 g/mol. The van der Waals surface area contributed by atoms with Gasteiger partial charge in [0.25, 0.3) is 0 Å². The molecule has 23 heavy (non-hydrogen) atoms. The summed E-state index contributed by atoms with van der Waals surface area (Å²) in [5, 5.41) is 2.89. The molecule has 2 rings (SSSR count). The van der Waals surface area contributed by atoms with Crippen molar-refractivity contribution in [1.82, 2.24) is 5.32 Å². The van der Waals surface area contributed by atoms with Crippen LogP contribution in [0.1, 0.15) is 12.0 Å². The van der Waals surface area contributed by atoms with Crippen molar-refractivity contribution in [2.75, 3.05) is 31.6 Å². The van der Waals surface area contributed by atoms with Crippen LogP contribution < -0.4 is 10.2 Å². The summed E-state index contributed by atoms with van der Waals surface area (Å²) in [5.41, 5.74) is 2.26. The molecule has 0 unspecified atom stereocenters. The van der Waals surface area contributed by atoms with Gasteiger partial charge in [0.2, 0.25) is 5.91 Å². The molecule has 0 saturated carbocycles. The number of hydrogen-bond donors (Lipinski definition) is 1. The smallest absolute Gasteiger partial charge is 0.246 e. The number of nitrogens with one attached hydrogen (secondary N) is 1. The van der Waals surface area contributed by atoms with Crippen molar-refractivity contribution in [2.45, 2.75) is 13.0 Å². The number of rotatable bonds is 9. The number of para-hydroxylation sites is 1. The third kappa shape index (κ3) is 6.53. The standard InChI is InChI=1S/C19H24N2O2/c1-21(18-11-6-3-7-12-18)14-8-13-20-19(22)16-23-15-17-9-4-2-5-10-17/h2-7,9-12H,8,13-16H2,1H3,(H,20,22). The van der Waals surface area contributed by atoms with Crippen molar-refractivity contribution in [3.05, 3.63) is 66.2 Å². The van der Waals surface area contributed by atoms with E-state index in [0.29, 0.717) is 13.2 Å². The maximum atomic E-state index is 11.7. The van der Waals surface area contributed by atoms with E-state index in [2.05, 4.69) is 29.4 Å². The number of nitrogens with zero attached hydrogens (tertiary/aromatic N) is 1. The second-order valence-electron chi connectivity index (χ2n) is 5.44. The van der Waals surface area contributed by atoms with Gasteiger partial charge in [-0.25, -0.2) is 0 Å². The first kappa shape index (κ1) is 17.0. The highest BCUT2D eigenvalue weighted by Gasteiger charge is 2.03. The van der Waals surface area contributed by atoms with E-state index in [4.69, 9.17) is 4.74 Å². The van der Waals surface area contributed by atoms with E-state index in [9.17, 15) is 4.79 Å². The van der Waals surface area contributed by atoms with E-state index in [1.165, 1.54) is 5.69 Å². The Morgan fingerprint density at radius 3 is 2.39 bits per heavy atom. The summed E-state index contributed by atoms with van der Waals surface area (Å²) in [6.07, 6.45) is 0.899. The van der Waals surface area contributed by atoms with Crippen LogP contribution in [-0.2, 0) is 16.1 Å². The fraction of sp³-hybridized carbons (Fsp3) is 0.316. The van der Waals surface area contributed by atoms with Crippen LogP contribution in [0.3, 0.4) is 0 Å². The third-order valence-corrected chi connectivity index (χ3v) is 3.53. The molecule has 0 bridgehead atoms. The Labute approximate surface area is 138 Å². The van der Waals surface area contributed by atoms with Crippen molar-refractivity contribution in [3.8, 4) is 0 Å². The molecule has 0 fully saturated rings. The zero-order chi connectivity index (χ0) is 16.3. The third-order valence-electron chi connectivity index (χ3n) is 3.53. The zero-order valence-electron chi connectivity index (χ0n) is 13.6. The highest BCUT2D eigenvalue weighted by atomic mass is 16.5. The number of benzene rings is 2. The van der Waals surface area contributed by atoms with Crippen molar-refractivity contribution in [3.63, 3.8) is 0 Å². The minimum Gasteiger partial charge on any atom is -0.375 e. The zero-order valence-corrected chi connectivity index (χ0v) is 13.6. The number of amides is 1. The van der Waals surface area contributed by atoms with Crippen LogP contribution in [0.2, 0.25) is 0 Å². The van der Waals surface area contributed by atoms with Gasteiger partial charge in [0.1, 0.15) is 6.61 Å². The van der Waals surface area contributed by atoms with Crippen molar-refractivity contribution < 1.29 is 9.53 Å². The number of carbonyl (C=O) groups is 1. The van der Waals surface area contributed by atoms with Gasteiger partial charge in [-0.05, 0) is 24.1 Å². The van der Waals surface area contributed by atoms with Crippen molar-refractivity contribution in [2.24, 2.45) is 0 Å². The largest absolute Gasteiger partial charge is 0.375 e. The Morgan fingerprint density at radius 2 is 1.70 bits per heavy atom. The van der Waals surface area contributed by atoms with Crippen molar-refractivity contribution >= 4 is 11.6 Å². The molecule has 1 amide bonds. The van der Waals surface area contributed by atoms with Gasteiger partial charge in [0, 0.05) is 25.8 Å². The first-order chi connectivity index (χ1) is 11.3. The average Bonchev–Trinajstić information content (AvgIpc) is 2.60. The lowest BCUT2D eigenvalue weighted by atomic mass is 10.2. The number of hydrogen-bond acceptors (Lipinski definition) is 3. The van der Waals surface area contributed by atoms with Crippen LogP contribution in [0, 0.1) is 0 Å². The second kappa shape index (κ2) is 9.64. The lowest BCUT2D eigenvalue weighted by Crippen LogP contribution is -2.30. The Morgan fingerprint density at radius 1 is 1.04 bits per heavy atom. The normalized spacial score (nSPS) is 10.3. The van der Waals surface area contributed by atoms with Gasteiger partial charge < -0.3 is 15.0 Å². The highest BCUT2D eigenvalue weighted by molar-refractivity contribution is 5.77. The van der Waals surface area contributed by atoms with Gasteiger partial charge in [0.05, 0.1) is 6.61 Å². The molecular formula is C19H24N2O2. The van der Waals surface area contributed by atoms with Gasteiger partial charge in [0.15, 0.2) is 0 Å². The topological polar surface area (TPSA) is 41.6 Å². The lowest BCUT2D eigenvalue weighted by Gasteiger charge is -2.19. The van der Waals surface area contributed by atoms with E-state index in [1.54, 1.807) is 0 Å². The van der Waals surface area contributed by atoms with Gasteiger partial charge in [-0.1, -0.05) is 48.5 Å². The van der Waals surface area contributed by atoms with Crippen molar-refractivity contribution in [1.29, 1.82) is 0 Å². The predicted molar refractivity (Wildman–Crippen MR) is 93.4 cm³/mol. The molecule has 2 aromatic rings. The molecule has 4 heteroatoms. The number of carbonyl (C=O) groups excluding carboxylic acids is 1. The quantitative estimate of drug-likeness (QED) is 0.724. The van der Waals surface area contributed by atoms with Gasteiger partial charge in [-0.15, -0.1) is 0 Å². The summed E-state index contributed by atoms with van der Waals surface area (Å²) in [6.45, 7) is 2.12. The summed E-state index contributed by atoms with van der Waals surface area (Å²) in [6, 6.07) is 20.1. The molecule has 0 aliphatic carbocycles. The Balaban J connectivity index is 1.55. The molecule has 4 nitrogen and oxygen atoms in total. The fourth-order valence-corrected chi connectivity index (χ4v) is 2.24. The van der Waals surface area contributed by atoms with Crippen LogP contribution in [0.15, 0.2) is 60.7 Å². The van der Waals surface area contributed by atoms with Gasteiger partial charge in [-0.2, -0.15) is 0 Å². The van der Waals surface area contributed by atoms with Crippen LogP contribution in [0.4, 0.5) is 5.69 Å². The maximum Gasteiger partial charge on any atom is 0.246 e. The molecule has 0 aliphatic rings. The molecule has 0 aromatic heterocycles. The van der Waals surface area contributed by atoms with Crippen LogP contribution in [-0.4, -0.2) is 32.7 Å². The number of ether oxygens (including phenoxy) is 1. The molecule has 0 radical (unpaired) electrons. The summed E-state index contributed by atoms with van der Waals surface area (Å²) in [7, 11) is 2.06.